The van der Waals surface area contributed by atoms with Crippen LogP contribution in [0, 0.1) is 5.92 Å². The Bertz CT molecular complexity index is 1460. The molecule has 0 unspecified atom stereocenters. The van der Waals surface area contributed by atoms with Crippen LogP contribution in [-0.4, -0.2) is 86.6 Å². The molecule has 0 N–H and O–H groups in total. The summed E-state index contributed by atoms with van der Waals surface area (Å²) in [4.78, 5) is 37.1. The Morgan fingerprint density at radius 3 is 1.93 bits per heavy atom. The quantitative estimate of drug-likeness (QED) is 0.0658. The molecule has 4 fully saturated rings. The lowest BCUT2D eigenvalue weighted by Crippen LogP contribution is -2.53. The first-order valence-corrected chi connectivity index (χ1v) is 23.6. The Kier molecular flexibility index (Phi) is 20.3. The van der Waals surface area contributed by atoms with Gasteiger partial charge in [-0.05, 0) is 84.0 Å². The van der Waals surface area contributed by atoms with E-state index in [1.165, 1.54) is 50.5 Å². The Balaban J connectivity index is 1.05. The number of carbonyl (C=O) groups is 3. The normalized spacial score (nSPS) is 28.6. The number of Topliss-reactive ketones (excluding diaryl/α,β-unsaturated/α-hetero) is 1. The van der Waals surface area contributed by atoms with Crippen LogP contribution in [0.15, 0.2) is 30.3 Å². The molecule has 0 aromatic heterocycles. The van der Waals surface area contributed by atoms with Crippen molar-refractivity contribution in [3.8, 4) is 0 Å². The van der Waals surface area contributed by atoms with Crippen molar-refractivity contribution in [2.24, 2.45) is 5.92 Å². The number of halogens is 3. The highest BCUT2D eigenvalue weighted by Gasteiger charge is 2.64. The maximum atomic E-state index is 14.8. The number of cyclic esters (lactones) is 1. The minimum atomic E-state index is -5.06. The summed E-state index contributed by atoms with van der Waals surface area (Å²) < 4.78 is 86.2. The van der Waals surface area contributed by atoms with E-state index in [4.69, 9.17) is 33.2 Å². The first kappa shape index (κ1) is 49.4. The molecular weight excluding hydrogens is 794 g/mol. The van der Waals surface area contributed by atoms with Crippen LogP contribution in [0.1, 0.15) is 174 Å². The van der Waals surface area contributed by atoms with Crippen molar-refractivity contribution in [1.29, 1.82) is 0 Å². The van der Waals surface area contributed by atoms with Gasteiger partial charge in [0.05, 0.1) is 42.5 Å². The zero-order valence-corrected chi connectivity index (χ0v) is 37.0. The molecule has 0 amide bonds. The molecule has 10 nitrogen and oxygen atoms in total. The van der Waals surface area contributed by atoms with Crippen molar-refractivity contribution in [2.45, 2.75) is 229 Å². The van der Waals surface area contributed by atoms with E-state index in [2.05, 4.69) is 6.92 Å². The first-order chi connectivity index (χ1) is 29.4. The lowest BCUT2D eigenvalue weighted by Gasteiger charge is -2.35. The predicted octanol–water partition coefficient (Wildman–Crippen LogP) is 10.8. The molecule has 5 rings (SSSR count). The number of esters is 2. The largest absolute Gasteiger partial charge is 0.462 e. The lowest BCUT2D eigenvalue weighted by molar-refractivity contribution is -0.280. The summed E-state index contributed by atoms with van der Waals surface area (Å²) in [6, 6.07) is 6.96. The summed E-state index contributed by atoms with van der Waals surface area (Å²) in [7, 11) is 0.895. The molecule has 0 radical (unpaired) electrons. The molecule has 0 spiro atoms. The van der Waals surface area contributed by atoms with Gasteiger partial charge in [0.25, 0.3) is 5.60 Å². The Hall–Kier alpha value is -2.58. The van der Waals surface area contributed by atoms with Gasteiger partial charge in [-0.15, -0.1) is 0 Å². The molecule has 0 saturated carbocycles. The number of hydrogen-bond acceptors (Lipinski definition) is 10. The second-order valence-electron chi connectivity index (χ2n) is 18.0. The number of rotatable bonds is 26. The molecule has 4 aliphatic rings. The van der Waals surface area contributed by atoms with Crippen LogP contribution >= 0.6 is 0 Å². The number of carbonyl (C=O) groups excluding carboxylic acids is 3. The number of alkyl halides is 3. The maximum Gasteiger partial charge on any atom is 0.432 e. The van der Waals surface area contributed by atoms with Crippen molar-refractivity contribution in [3.63, 3.8) is 0 Å². The molecule has 13 heteroatoms. The molecule has 4 heterocycles. The SMILES string of the molecule is CCCCCCCCCC[C@H](OC(=O)[C@](OC)(c1ccccc1)C(F)(F)F)[C@H]1CC[C@H]([C@H]2CC[C@@H]([C@@H]3CC[C@@H](CCCCCCC[C@@H]4C[C@H](CC(C)=O)C(=O)O4)O3)OCO2)O1. The molecule has 4 aliphatic heterocycles. The van der Waals surface area contributed by atoms with Gasteiger partial charge in [0.15, 0.2) is 0 Å². The summed E-state index contributed by atoms with van der Waals surface area (Å²) in [5, 5.41) is 0. The third kappa shape index (κ3) is 14.5. The van der Waals surface area contributed by atoms with E-state index in [0.29, 0.717) is 38.5 Å². The number of methoxy groups -OCH3 is 1. The highest BCUT2D eigenvalue weighted by Crippen LogP contribution is 2.44. The molecule has 61 heavy (non-hydrogen) atoms. The van der Waals surface area contributed by atoms with E-state index in [9.17, 15) is 27.6 Å². The fourth-order valence-corrected chi connectivity index (χ4v) is 9.85. The van der Waals surface area contributed by atoms with Crippen LogP contribution in [0.25, 0.3) is 0 Å². The van der Waals surface area contributed by atoms with Crippen molar-refractivity contribution in [1.82, 2.24) is 0 Å². The molecule has 346 valence electrons. The standard InChI is InChI=1S/C48H73F3O10/c1-4-5-6-7-8-9-13-19-24-41(61-46(54)47(55-3,48(49,50)51)36-20-15-14-16-21-36)44-30-29-43(60-44)40-28-27-39(56-33-57-40)42-26-25-37(58-42)22-17-11-10-12-18-23-38-32-35(31-34(2)52)45(53)59-38/h14-16,20-21,35,37-44H,4-13,17-19,22-33H2,1-3H3/t35-,37+,38+,39-,40+,41-,42-,43+,44+,47+/m0/s1. The van der Waals surface area contributed by atoms with Gasteiger partial charge < -0.3 is 38.0 Å². The molecule has 4 saturated heterocycles. The van der Waals surface area contributed by atoms with E-state index in [1.54, 1.807) is 6.07 Å². The van der Waals surface area contributed by atoms with E-state index in [1.807, 2.05) is 0 Å². The maximum absolute atomic E-state index is 14.8. The van der Waals surface area contributed by atoms with E-state index in [-0.39, 0.29) is 73.1 Å². The smallest absolute Gasteiger partial charge is 0.432 e. The fraction of sp³-hybridized carbons (Fsp3) is 0.812. The number of hydrogen-bond donors (Lipinski definition) is 0. The monoisotopic (exact) mass is 867 g/mol. The van der Waals surface area contributed by atoms with Crippen LogP contribution in [-0.2, 0) is 53.1 Å². The first-order valence-electron chi connectivity index (χ1n) is 23.6. The van der Waals surface area contributed by atoms with Gasteiger partial charge in [0.1, 0.15) is 24.8 Å². The lowest BCUT2D eigenvalue weighted by atomic mass is 9.92. The minimum absolute atomic E-state index is 0.000260. The van der Waals surface area contributed by atoms with Crippen molar-refractivity contribution < 1.29 is 60.7 Å². The van der Waals surface area contributed by atoms with Crippen molar-refractivity contribution >= 4 is 17.7 Å². The molecular formula is C48H73F3O10. The van der Waals surface area contributed by atoms with Crippen LogP contribution < -0.4 is 0 Å². The fourth-order valence-electron chi connectivity index (χ4n) is 9.85. The zero-order valence-electron chi connectivity index (χ0n) is 37.0. The van der Waals surface area contributed by atoms with Gasteiger partial charge in [0.2, 0.25) is 0 Å². The number of ether oxygens (including phenoxy) is 7. The Labute approximate surface area is 362 Å². The zero-order chi connectivity index (χ0) is 43.7. The van der Waals surface area contributed by atoms with Crippen LogP contribution in [0.4, 0.5) is 13.2 Å². The van der Waals surface area contributed by atoms with Crippen LogP contribution in [0.2, 0.25) is 0 Å². The molecule has 1 aromatic carbocycles. The summed E-state index contributed by atoms with van der Waals surface area (Å²) in [5.41, 5.74) is -3.59. The minimum Gasteiger partial charge on any atom is -0.462 e. The van der Waals surface area contributed by atoms with E-state index < -0.39 is 30.0 Å². The van der Waals surface area contributed by atoms with Crippen LogP contribution in [0.3, 0.4) is 0 Å². The van der Waals surface area contributed by atoms with Gasteiger partial charge in [-0.2, -0.15) is 13.2 Å². The van der Waals surface area contributed by atoms with Gasteiger partial charge in [-0.25, -0.2) is 4.79 Å². The second-order valence-corrected chi connectivity index (χ2v) is 18.0. The summed E-state index contributed by atoms with van der Waals surface area (Å²) in [6.07, 6.45) is 14.7. The molecule has 0 bridgehead atoms. The summed E-state index contributed by atoms with van der Waals surface area (Å²) >= 11 is 0. The highest BCUT2D eigenvalue weighted by molar-refractivity contribution is 5.84. The summed E-state index contributed by atoms with van der Waals surface area (Å²) in [6.45, 7) is 3.81. The van der Waals surface area contributed by atoms with Crippen molar-refractivity contribution in [2.75, 3.05) is 13.9 Å². The van der Waals surface area contributed by atoms with Gasteiger partial charge in [-0.3, -0.25) is 4.79 Å². The summed E-state index contributed by atoms with van der Waals surface area (Å²) in [5.74, 6) is -1.94. The van der Waals surface area contributed by atoms with Crippen molar-refractivity contribution in [3.05, 3.63) is 35.9 Å². The predicted molar refractivity (Wildman–Crippen MR) is 224 cm³/mol. The number of benzene rings is 1. The number of unbranched alkanes of at least 4 members (excludes halogenated alkanes) is 11. The average molecular weight is 867 g/mol. The van der Waals surface area contributed by atoms with E-state index in [0.717, 1.165) is 97.0 Å². The van der Waals surface area contributed by atoms with Gasteiger partial charge in [-0.1, -0.05) is 108 Å². The van der Waals surface area contributed by atoms with Gasteiger partial charge in [0, 0.05) is 19.1 Å². The Morgan fingerprint density at radius 2 is 1.31 bits per heavy atom. The average Bonchev–Trinajstić information content (AvgIpc) is 3.95. The van der Waals surface area contributed by atoms with Crippen LogP contribution in [0.5, 0.6) is 0 Å². The molecule has 0 aliphatic carbocycles. The van der Waals surface area contributed by atoms with Gasteiger partial charge >= 0.3 is 18.1 Å². The number of ketones is 1. The third-order valence-corrected chi connectivity index (χ3v) is 13.3. The third-order valence-electron chi connectivity index (χ3n) is 13.3. The topological polar surface area (TPSA) is 116 Å². The molecule has 10 atom stereocenters. The Morgan fingerprint density at radius 1 is 0.738 bits per heavy atom. The molecule has 1 aromatic rings. The highest BCUT2D eigenvalue weighted by atomic mass is 19.4. The van der Waals surface area contributed by atoms with E-state index >= 15 is 0 Å². The second kappa shape index (κ2) is 25.1.